The van der Waals surface area contributed by atoms with Gasteiger partial charge in [-0.15, -0.1) is 0 Å². The zero-order valence-electron chi connectivity index (χ0n) is 12.4. The van der Waals surface area contributed by atoms with E-state index in [-0.39, 0.29) is 5.41 Å². The molecular formula is C16H22N2O. The highest BCUT2D eigenvalue weighted by Gasteiger charge is 2.27. The number of nitrogens with zero attached hydrogens (tertiary/aromatic N) is 2. The summed E-state index contributed by atoms with van der Waals surface area (Å²) >= 11 is 0. The molecule has 0 unspecified atom stereocenters. The van der Waals surface area contributed by atoms with Gasteiger partial charge in [-0.3, -0.25) is 0 Å². The van der Waals surface area contributed by atoms with Gasteiger partial charge >= 0.3 is 0 Å². The van der Waals surface area contributed by atoms with E-state index < -0.39 is 0 Å². The molecule has 0 aliphatic rings. The molecule has 0 aliphatic heterocycles. The molecule has 102 valence electrons. The van der Waals surface area contributed by atoms with E-state index >= 15 is 0 Å². The largest absolute Gasteiger partial charge is 0.504 e. The van der Waals surface area contributed by atoms with Crippen molar-refractivity contribution < 1.29 is 5.11 Å². The Morgan fingerprint density at radius 2 is 1.74 bits per heavy atom. The summed E-state index contributed by atoms with van der Waals surface area (Å²) in [6, 6.07) is 8.20. The van der Waals surface area contributed by atoms with Crippen molar-refractivity contribution in [3.63, 3.8) is 0 Å². The van der Waals surface area contributed by atoms with Crippen LogP contribution >= 0.6 is 0 Å². The van der Waals surface area contributed by atoms with Crippen LogP contribution in [0.3, 0.4) is 0 Å². The zero-order chi connectivity index (χ0) is 14.2. The second-order valence-corrected chi connectivity index (χ2v) is 5.99. The highest BCUT2D eigenvalue weighted by Crippen LogP contribution is 2.35. The normalized spacial score (nSPS) is 11.8. The van der Waals surface area contributed by atoms with Crippen LogP contribution in [0.1, 0.15) is 44.6 Å². The summed E-state index contributed by atoms with van der Waals surface area (Å²) in [7, 11) is 0. The lowest BCUT2D eigenvalue weighted by atomic mass is 9.90. The fraction of sp³-hybridized carbons (Fsp3) is 0.438. The van der Waals surface area contributed by atoms with Crippen molar-refractivity contribution in [1.29, 1.82) is 0 Å². The first-order chi connectivity index (χ1) is 8.84. The molecule has 0 fully saturated rings. The summed E-state index contributed by atoms with van der Waals surface area (Å²) < 4.78 is 1.87. The third-order valence-electron chi connectivity index (χ3n) is 3.25. The van der Waals surface area contributed by atoms with Crippen molar-refractivity contribution in [2.24, 2.45) is 0 Å². The average molecular weight is 258 g/mol. The van der Waals surface area contributed by atoms with Crippen molar-refractivity contribution in [2.45, 2.75) is 46.5 Å². The maximum absolute atomic E-state index is 10.4. The molecule has 0 amide bonds. The predicted octanol–water partition coefficient (Wildman–Crippen LogP) is 3.75. The summed E-state index contributed by atoms with van der Waals surface area (Å²) in [5, 5.41) is 14.9. The number of benzene rings is 1. The number of aromatic hydroxyl groups is 1. The predicted molar refractivity (Wildman–Crippen MR) is 78.0 cm³/mol. The molecule has 19 heavy (non-hydrogen) atoms. The van der Waals surface area contributed by atoms with Crippen LogP contribution in [0.15, 0.2) is 24.3 Å². The molecule has 0 aliphatic carbocycles. The van der Waals surface area contributed by atoms with Crippen molar-refractivity contribution in [3.8, 4) is 11.4 Å². The topological polar surface area (TPSA) is 38.0 Å². The molecule has 3 heteroatoms. The molecule has 0 bridgehead atoms. The number of aryl methyl sites for hydroxylation is 2. The molecular weight excluding hydrogens is 236 g/mol. The van der Waals surface area contributed by atoms with Gasteiger partial charge in [0.15, 0.2) is 5.75 Å². The minimum absolute atomic E-state index is 0.157. The van der Waals surface area contributed by atoms with Crippen molar-refractivity contribution in [1.82, 2.24) is 9.78 Å². The lowest BCUT2D eigenvalue weighted by Crippen LogP contribution is -2.17. The van der Waals surface area contributed by atoms with Crippen LogP contribution in [0.25, 0.3) is 5.69 Å². The molecule has 2 aromatic rings. The smallest absolute Gasteiger partial charge is 0.161 e. The van der Waals surface area contributed by atoms with Crippen LogP contribution in [0.4, 0.5) is 0 Å². The maximum Gasteiger partial charge on any atom is 0.161 e. The SMILES string of the molecule is CCc1nn(-c2ccc(C)cc2)c(C(C)(C)C)c1O. The first-order valence-corrected chi connectivity index (χ1v) is 6.73. The molecule has 0 saturated carbocycles. The third kappa shape index (κ3) is 2.50. The Labute approximate surface area is 114 Å². The van der Waals surface area contributed by atoms with E-state index in [0.717, 1.165) is 23.5 Å². The summed E-state index contributed by atoms with van der Waals surface area (Å²) in [6.07, 6.45) is 0.730. The van der Waals surface area contributed by atoms with Gasteiger partial charge in [-0.25, -0.2) is 4.68 Å². The molecule has 0 atom stereocenters. The van der Waals surface area contributed by atoms with E-state index in [2.05, 4.69) is 44.9 Å². The van der Waals surface area contributed by atoms with E-state index in [0.29, 0.717) is 5.75 Å². The molecule has 0 radical (unpaired) electrons. The van der Waals surface area contributed by atoms with Gasteiger partial charge in [0.25, 0.3) is 0 Å². The number of hydrogen-bond donors (Lipinski definition) is 1. The first kappa shape index (κ1) is 13.7. The lowest BCUT2D eigenvalue weighted by Gasteiger charge is -2.20. The van der Waals surface area contributed by atoms with Gasteiger partial charge in [0.2, 0.25) is 0 Å². The van der Waals surface area contributed by atoms with Crippen molar-refractivity contribution >= 4 is 0 Å². The molecule has 1 N–H and O–H groups in total. The van der Waals surface area contributed by atoms with Gasteiger partial charge in [-0.1, -0.05) is 45.4 Å². The maximum atomic E-state index is 10.4. The van der Waals surface area contributed by atoms with Gasteiger partial charge in [0.1, 0.15) is 5.69 Å². The summed E-state index contributed by atoms with van der Waals surface area (Å²) in [6.45, 7) is 10.3. The summed E-state index contributed by atoms with van der Waals surface area (Å²) in [5.74, 6) is 0.329. The Kier molecular flexibility index (Phi) is 3.40. The second-order valence-electron chi connectivity index (χ2n) is 5.99. The number of hydrogen-bond acceptors (Lipinski definition) is 2. The van der Waals surface area contributed by atoms with E-state index in [1.807, 2.05) is 23.7 Å². The Morgan fingerprint density at radius 3 is 2.21 bits per heavy atom. The molecule has 0 spiro atoms. The minimum atomic E-state index is -0.157. The molecule has 0 saturated heterocycles. The lowest BCUT2D eigenvalue weighted by molar-refractivity contribution is 0.435. The molecule has 1 aromatic carbocycles. The molecule has 1 aromatic heterocycles. The van der Waals surface area contributed by atoms with Gasteiger partial charge < -0.3 is 5.11 Å². The minimum Gasteiger partial charge on any atom is -0.504 e. The van der Waals surface area contributed by atoms with Crippen LogP contribution in [-0.2, 0) is 11.8 Å². The Morgan fingerprint density at radius 1 is 1.16 bits per heavy atom. The van der Waals surface area contributed by atoms with E-state index in [4.69, 9.17) is 0 Å². The van der Waals surface area contributed by atoms with Crippen LogP contribution < -0.4 is 0 Å². The highest BCUT2D eigenvalue weighted by atomic mass is 16.3. The Bertz CT molecular complexity index is 574. The van der Waals surface area contributed by atoms with Crippen molar-refractivity contribution in [3.05, 3.63) is 41.2 Å². The van der Waals surface area contributed by atoms with Crippen molar-refractivity contribution in [2.75, 3.05) is 0 Å². The van der Waals surface area contributed by atoms with Gasteiger partial charge in [0.05, 0.1) is 11.4 Å². The quantitative estimate of drug-likeness (QED) is 0.891. The third-order valence-corrected chi connectivity index (χ3v) is 3.25. The van der Waals surface area contributed by atoms with E-state index in [9.17, 15) is 5.11 Å². The van der Waals surface area contributed by atoms with E-state index in [1.54, 1.807) is 0 Å². The van der Waals surface area contributed by atoms with Crippen LogP contribution in [0, 0.1) is 6.92 Å². The second kappa shape index (κ2) is 4.72. The fourth-order valence-electron chi connectivity index (χ4n) is 2.24. The van der Waals surface area contributed by atoms with Crippen LogP contribution in [0.2, 0.25) is 0 Å². The van der Waals surface area contributed by atoms with Gasteiger partial charge in [-0.05, 0) is 25.5 Å². The summed E-state index contributed by atoms with van der Waals surface area (Å²) in [4.78, 5) is 0. The van der Waals surface area contributed by atoms with E-state index in [1.165, 1.54) is 5.56 Å². The van der Waals surface area contributed by atoms with Crippen LogP contribution in [0.5, 0.6) is 5.75 Å². The standard InChI is InChI=1S/C16H22N2O/c1-6-13-14(19)15(16(3,4)5)18(17-13)12-9-7-11(2)8-10-12/h7-10,19H,6H2,1-5H3. The summed E-state index contributed by atoms with van der Waals surface area (Å²) in [5.41, 5.74) is 3.67. The average Bonchev–Trinajstić information content (AvgIpc) is 2.67. The fourth-order valence-corrected chi connectivity index (χ4v) is 2.24. The molecule has 2 rings (SSSR count). The Balaban J connectivity index is 2.65. The molecule has 1 heterocycles. The van der Waals surface area contributed by atoms with Gasteiger partial charge in [0, 0.05) is 5.41 Å². The monoisotopic (exact) mass is 258 g/mol. The molecule has 3 nitrogen and oxygen atoms in total. The first-order valence-electron chi connectivity index (χ1n) is 6.73. The number of rotatable bonds is 2. The van der Waals surface area contributed by atoms with Gasteiger partial charge in [-0.2, -0.15) is 5.10 Å². The zero-order valence-corrected chi connectivity index (χ0v) is 12.4. The highest BCUT2D eigenvalue weighted by molar-refractivity contribution is 5.44. The van der Waals surface area contributed by atoms with Crippen LogP contribution in [-0.4, -0.2) is 14.9 Å². The Hall–Kier alpha value is -1.77. The number of aromatic nitrogens is 2.